The maximum absolute atomic E-state index is 5.16. The van der Waals surface area contributed by atoms with Crippen molar-refractivity contribution in [2.45, 2.75) is 85.5 Å². The van der Waals surface area contributed by atoms with Crippen LogP contribution in [0.15, 0.2) is 70.7 Å². The van der Waals surface area contributed by atoms with Crippen LogP contribution in [0.3, 0.4) is 0 Å². The summed E-state index contributed by atoms with van der Waals surface area (Å²) in [4.78, 5) is 10.3. The molecule has 0 amide bonds. The Balaban J connectivity index is 0.00000578. The van der Waals surface area contributed by atoms with E-state index >= 15 is 0 Å². The minimum atomic E-state index is 0. The number of unbranched alkanes of at least 4 members (excludes halogenated alkanes) is 3. The van der Waals surface area contributed by atoms with Crippen LogP contribution in [0, 0.1) is 0 Å². The zero-order valence-corrected chi connectivity index (χ0v) is 23.1. The van der Waals surface area contributed by atoms with Gasteiger partial charge in [0.15, 0.2) is 0 Å². The monoisotopic (exact) mass is 548 g/mol. The number of hydrogen-bond acceptors (Lipinski definition) is 2. The normalized spacial score (nSPS) is 12.5. The van der Waals surface area contributed by atoms with Crippen LogP contribution in [-0.2, 0) is 20.4 Å². The van der Waals surface area contributed by atoms with Crippen LogP contribution >= 0.6 is 0 Å². The molecule has 0 aromatic heterocycles. The predicted molar refractivity (Wildman–Crippen MR) is 149 cm³/mol. The van der Waals surface area contributed by atoms with Crippen molar-refractivity contribution >= 4 is 35.0 Å². The summed E-state index contributed by atoms with van der Waals surface area (Å²) in [5.74, 6) is 0. The van der Waals surface area contributed by atoms with E-state index < -0.39 is 0 Å². The molecule has 0 radical (unpaired) electrons. The molecular formula is C31H42N2Pd. The van der Waals surface area contributed by atoms with Gasteiger partial charge in [-0.3, -0.25) is 9.98 Å². The van der Waals surface area contributed by atoms with Crippen LogP contribution in [0.5, 0.6) is 0 Å². The van der Waals surface area contributed by atoms with E-state index in [4.69, 9.17) is 9.98 Å². The van der Waals surface area contributed by atoms with Crippen molar-refractivity contribution in [3.8, 4) is 0 Å². The molecular weight excluding hydrogens is 507 g/mol. The van der Waals surface area contributed by atoms with E-state index in [2.05, 4.69) is 101 Å². The Kier molecular flexibility index (Phi) is 16.1. The van der Waals surface area contributed by atoms with E-state index in [1.165, 1.54) is 24.0 Å². The molecule has 0 atom stereocenters. The zero-order valence-electron chi connectivity index (χ0n) is 21.5. The topological polar surface area (TPSA) is 24.7 Å². The largest absolute Gasteiger partial charge is 0.252 e. The Labute approximate surface area is 222 Å². The molecule has 0 heterocycles. The molecule has 0 bridgehead atoms. The molecule has 0 N–H and O–H groups in total. The first kappa shape index (κ1) is 30.0. The van der Waals surface area contributed by atoms with Gasteiger partial charge >= 0.3 is 0 Å². The van der Waals surface area contributed by atoms with Gasteiger partial charge in [-0.1, -0.05) is 95.5 Å². The van der Waals surface area contributed by atoms with Gasteiger partial charge in [0.25, 0.3) is 0 Å². The first-order valence-corrected chi connectivity index (χ1v) is 12.9. The van der Waals surface area contributed by atoms with Gasteiger partial charge in [0.05, 0.1) is 22.8 Å². The standard InChI is InChI=1S/C31H42N2.Pd/c1-5-9-13-23-31(33-29-21-15-19-27(25-29)17-11-7-3)30(22-12-8-4)32-28-20-14-18-26(24-28)16-10-6-2;/h10-11,14-21,24-25H,5-9,12-13,22-23H2,1-4H3;. The second kappa shape index (κ2) is 18.3. The number of hydrogen-bond donors (Lipinski definition) is 0. The van der Waals surface area contributed by atoms with E-state index in [0.29, 0.717) is 0 Å². The Morgan fingerprint density at radius 3 is 1.56 bits per heavy atom. The zero-order chi connectivity index (χ0) is 23.7. The van der Waals surface area contributed by atoms with Crippen molar-refractivity contribution in [1.82, 2.24) is 0 Å². The minimum Gasteiger partial charge on any atom is -0.252 e. The Hall–Kier alpha value is -2.08. The number of rotatable bonds is 14. The van der Waals surface area contributed by atoms with Crippen molar-refractivity contribution in [3.63, 3.8) is 0 Å². The summed E-state index contributed by atoms with van der Waals surface area (Å²) in [6, 6.07) is 17.1. The predicted octanol–water partition coefficient (Wildman–Crippen LogP) is 10.1. The molecule has 0 unspecified atom stereocenters. The maximum Gasteiger partial charge on any atom is 0.0639 e. The third kappa shape index (κ3) is 11.4. The molecule has 2 rings (SSSR count). The van der Waals surface area contributed by atoms with Gasteiger partial charge in [0.1, 0.15) is 0 Å². The molecule has 3 heteroatoms. The fourth-order valence-electron chi connectivity index (χ4n) is 3.63. The van der Waals surface area contributed by atoms with E-state index in [1.54, 1.807) is 0 Å². The van der Waals surface area contributed by atoms with Gasteiger partial charge in [-0.15, -0.1) is 0 Å². The van der Waals surface area contributed by atoms with Crippen molar-refractivity contribution < 1.29 is 20.4 Å². The van der Waals surface area contributed by atoms with E-state index in [9.17, 15) is 0 Å². The van der Waals surface area contributed by atoms with Crippen LogP contribution in [0.25, 0.3) is 12.2 Å². The third-order valence-corrected chi connectivity index (χ3v) is 5.48. The fourth-order valence-corrected chi connectivity index (χ4v) is 3.63. The summed E-state index contributed by atoms with van der Waals surface area (Å²) >= 11 is 0. The van der Waals surface area contributed by atoms with Gasteiger partial charge in [-0.05, 0) is 73.9 Å². The molecule has 0 aliphatic carbocycles. The second-order valence-corrected chi connectivity index (χ2v) is 8.49. The van der Waals surface area contributed by atoms with Gasteiger partial charge < -0.3 is 0 Å². The van der Waals surface area contributed by atoms with E-state index in [-0.39, 0.29) is 20.4 Å². The average Bonchev–Trinajstić information content (AvgIpc) is 2.84. The van der Waals surface area contributed by atoms with Crippen LogP contribution < -0.4 is 0 Å². The fraction of sp³-hybridized carbons (Fsp3) is 0.419. The smallest absolute Gasteiger partial charge is 0.0639 e. The molecule has 2 aromatic carbocycles. The van der Waals surface area contributed by atoms with Crippen molar-refractivity contribution in [2.75, 3.05) is 0 Å². The Morgan fingerprint density at radius 2 is 1.12 bits per heavy atom. The molecule has 2 nitrogen and oxygen atoms in total. The average molecular weight is 549 g/mol. The van der Waals surface area contributed by atoms with Crippen LogP contribution in [0.4, 0.5) is 11.4 Å². The Bertz CT molecular complexity index is 953. The van der Waals surface area contributed by atoms with E-state index in [1.807, 2.05) is 0 Å². The molecule has 0 saturated carbocycles. The maximum atomic E-state index is 5.16. The van der Waals surface area contributed by atoms with Crippen molar-refractivity contribution in [1.29, 1.82) is 0 Å². The number of nitrogens with zero attached hydrogens (tertiary/aromatic N) is 2. The van der Waals surface area contributed by atoms with E-state index in [0.717, 1.165) is 67.7 Å². The number of benzene rings is 2. The van der Waals surface area contributed by atoms with Crippen LogP contribution in [0.1, 0.15) is 96.6 Å². The summed E-state index contributed by atoms with van der Waals surface area (Å²) in [6.07, 6.45) is 18.6. The summed E-state index contributed by atoms with van der Waals surface area (Å²) in [5.41, 5.74) is 6.72. The first-order valence-electron chi connectivity index (χ1n) is 12.9. The van der Waals surface area contributed by atoms with Crippen molar-refractivity contribution in [2.24, 2.45) is 9.98 Å². The van der Waals surface area contributed by atoms with Crippen LogP contribution in [0.2, 0.25) is 0 Å². The molecule has 34 heavy (non-hydrogen) atoms. The van der Waals surface area contributed by atoms with Gasteiger partial charge in [0, 0.05) is 20.4 Å². The summed E-state index contributed by atoms with van der Waals surface area (Å²) < 4.78 is 0. The molecule has 2 aromatic rings. The summed E-state index contributed by atoms with van der Waals surface area (Å²) in [7, 11) is 0. The third-order valence-electron chi connectivity index (χ3n) is 5.48. The van der Waals surface area contributed by atoms with Gasteiger partial charge in [-0.2, -0.15) is 0 Å². The minimum absolute atomic E-state index is 0. The Morgan fingerprint density at radius 1 is 0.647 bits per heavy atom. The summed E-state index contributed by atoms with van der Waals surface area (Å²) in [5, 5.41) is 0. The van der Waals surface area contributed by atoms with Crippen LogP contribution in [-0.4, -0.2) is 11.4 Å². The summed E-state index contributed by atoms with van der Waals surface area (Å²) in [6.45, 7) is 8.81. The molecule has 0 aliphatic heterocycles. The SMILES string of the molecule is CCC=Cc1cccc(N=C(CCCC)C(CCCCC)=Nc2cccc(C=CCC)c2)c1.[Pd]. The molecule has 186 valence electrons. The number of allylic oxidation sites excluding steroid dienone is 2. The molecule has 0 fully saturated rings. The van der Waals surface area contributed by atoms with Gasteiger partial charge in [0.2, 0.25) is 0 Å². The quantitative estimate of drug-likeness (QED) is 0.127. The molecule has 0 aliphatic rings. The molecule has 0 saturated heterocycles. The molecule has 0 spiro atoms. The van der Waals surface area contributed by atoms with Gasteiger partial charge in [-0.25, -0.2) is 0 Å². The first-order chi connectivity index (χ1) is 16.2. The van der Waals surface area contributed by atoms with Crippen molar-refractivity contribution in [3.05, 3.63) is 71.8 Å². The second-order valence-electron chi connectivity index (χ2n) is 8.49. The number of aliphatic imine (C=N–C) groups is 2.